The first-order valence-electron chi connectivity index (χ1n) is 6.16. The maximum absolute atomic E-state index is 14.6. The van der Waals surface area contributed by atoms with Crippen LogP contribution in [0.1, 0.15) is 38.2 Å². The van der Waals surface area contributed by atoms with Gasteiger partial charge in [-0.15, -0.1) is 0 Å². The molecule has 2 rings (SSSR count). The van der Waals surface area contributed by atoms with Gasteiger partial charge in [0.25, 0.3) is 0 Å². The van der Waals surface area contributed by atoms with E-state index in [1.807, 2.05) is 30.3 Å². The van der Waals surface area contributed by atoms with Crippen LogP contribution in [0, 0.1) is 0 Å². The summed E-state index contributed by atoms with van der Waals surface area (Å²) in [5, 5.41) is 3.40. The number of benzene rings is 1. The van der Waals surface area contributed by atoms with Crippen molar-refractivity contribution in [3.05, 3.63) is 35.9 Å². The van der Waals surface area contributed by atoms with Crippen LogP contribution in [-0.2, 0) is 5.67 Å². The molecule has 2 heteroatoms. The van der Waals surface area contributed by atoms with E-state index >= 15 is 0 Å². The number of alkyl halides is 1. The van der Waals surface area contributed by atoms with Gasteiger partial charge in [0.1, 0.15) is 5.67 Å². The summed E-state index contributed by atoms with van der Waals surface area (Å²) in [6.45, 7) is 2.73. The molecule has 0 bridgehead atoms. The third-order valence-corrected chi connectivity index (χ3v) is 3.42. The van der Waals surface area contributed by atoms with Gasteiger partial charge in [0.05, 0.1) is 0 Å². The van der Waals surface area contributed by atoms with E-state index in [1.54, 1.807) is 6.92 Å². The van der Waals surface area contributed by atoms with E-state index in [0.29, 0.717) is 12.5 Å². The van der Waals surface area contributed by atoms with Gasteiger partial charge in [-0.25, -0.2) is 4.39 Å². The normalized spacial score (nSPS) is 25.0. The Kier molecular flexibility index (Phi) is 3.59. The average molecular weight is 221 g/mol. The highest BCUT2D eigenvalue weighted by Gasteiger charge is 2.30. The molecule has 1 N–H and O–H groups in total. The number of halogens is 1. The van der Waals surface area contributed by atoms with Crippen molar-refractivity contribution in [1.29, 1.82) is 0 Å². The van der Waals surface area contributed by atoms with Crippen LogP contribution in [0.4, 0.5) is 4.39 Å². The van der Waals surface area contributed by atoms with Crippen LogP contribution in [-0.4, -0.2) is 12.6 Å². The van der Waals surface area contributed by atoms with Gasteiger partial charge < -0.3 is 5.32 Å². The Morgan fingerprint density at radius 2 is 2.06 bits per heavy atom. The second-order valence-electron chi connectivity index (χ2n) is 4.91. The Morgan fingerprint density at radius 1 is 1.31 bits per heavy atom. The van der Waals surface area contributed by atoms with Gasteiger partial charge >= 0.3 is 0 Å². The van der Waals surface area contributed by atoms with E-state index in [0.717, 1.165) is 18.5 Å². The summed E-state index contributed by atoms with van der Waals surface area (Å²) >= 11 is 0. The minimum Gasteiger partial charge on any atom is -0.314 e. The van der Waals surface area contributed by atoms with Gasteiger partial charge in [-0.1, -0.05) is 36.8 Å². The van der Waals surface area contributed by atoms with Gasteiger partial charge in [0, 0.05) is 12.5 Å². The minimum atomic E-state index is -1.21. The van der Waals surface area contributed by atoms with Crippen molar-refractivity contribution in [2.45, 2.75) is 44.3 Å². The summed E-state index contributed by atoms with van der Waals surface area (Å²) < 4.78 is 14.6. The number of nitrogens with one attached hydrogen (secondary N) is 1. The van der Waals surface area contributed by atoms with Gasteiger partial charge in [-0.05, 0) is 31.9 Å². The molecule has 2 unspecified atom stereocenters. The molecule has 0 aromatic heterocycles. The quantitative estimate of drug-likeness (QED) is 0.824. The molecule has 1 aromatic rings. The molecule has 2 atom stereocenters. The highest BCUT2D eigenvalue weighted by Crippen LogP contribution is 2.32. The summed E-state index contributed by atoms with van der Waals surface area (Å²) in [5.41, 5.74) is -0.418. The second-order valence-corrected chi connectivity index (χ2v) is 4.91. The third kappa shape index (κ3) is 2.82. The molecule has 0 saturated carbocycles. The molecule has 1 saturated heterocycles. The number of hydrogen-bond acceptors (Lipinski definition) is 1. The van der Waals surface area contributed by atoms with Crippen LogP contribution in [0.5, 0.6) is 0 Å². The molecule has 16 heavy (non-hydrogen) atoms. The van der Waals surface area contributed by atoms with E-state index in [9.17, 15) is 4.39 Å². The van der Waals surface area contributed by atoms with E-state index in [1.165, 1.54) is 12.8 Å². The topological polar surface area (TPSA) is 12.0 Å². The average Bonchev–Trinajstić information content (AvgIpc) is 2.31. The van der Waals surface area contributed by atoms with Crippen LogP contribution in [0.15, 0.2) is 30.3 Å². The molecule has 1 nitrogen and oxygen atoms in total. The maximum Gasteiger partial charge on any atom is 0.134 e. The van der Waals surface area contributed by atoms with Crippen LogP contribution >= 0.6 is 0 Å². The lowest BCUT2D eigenvalue weighted by Gasteiger charge is -2.30. The van der Waals surface area contributed by atoms with Gasteiger partial charge in [0.2, 0.25) is 0 Å². The lowest BCUT2D eigenvalue weighted by Crippen LogP contribution is -2.38. The fourth-order valence-corrected chi connectivity index (χ4v) is 2.46. The fourth-order valence-electron chi connectivity index (χ4n) is 2.46. The lowest BCUT2D eigenvalue weighted by atomic mass is 9.88. The zero-order chi connectivity index (χ0) is 11.4. The Balaban J connectivity index is 2.01. The van der Waals surface area contributed by atoms with Gasteiger partial charge in [-0.3, -0.25) is 0 Å². The third-order valence-electron chi connectivity index (χ3n) is 3.42. The van der Waals surface area contributed by atoms with Crippen molar-refractivity contribution >= 4 is 0 Å². The molecule has 0 aliphatic carbocycles. The fraction of sp³-hybridized carbons (Fsp3) is 0.571. The molecule has 1 aliphatic rings. The van der Waals surface area contributed by atoms with Crippen LogP contribution in [0.2, 0.25) is 0 Å². The van der Waals surface area contributed by atoms with Crippen molar-refractivity contribution in [3.8, 4) is 0 Å². The lowest BCUT2D eigenvalue weighted by molar-refractivity contribution is 0.146. The van der Waals surface area contributed by atoms with Crippen LogP contribution in [0.3, 0.4) is 0 Å². The number of piperidine rings is 1. The Labute approximate surface area is 97.1 Å². The molecule has 88 valence electrons. The molecule has 0 radical (unpaired) electrons. The van der Waals surface area contributed by atoms with Crippen molar-refractivity contribution in [3.63, 3.8) is 0 Å². The molecule has 1 aromatic carbocycles. The summed E-state index contributed by atoms with van der Waals surface area (Å²) in [6.07, 6.45) is 4.14. The standard InChI is InChI=1S/C14H20FN/c1-14(15,12-7-3-2-4-8-12)11-13-9-5-6-10-16-13/h2-4,7-8,13,16H,5-6,9-11H2,1H3. The Morgan fingerprint density at radius 3 is 2.69 bits per heavy atom. The highest BCUT2D eigenvalue weighted by atomic mass is 19.1. The van der Waals surface area contributed by atoms with Crippen molar-refractivity contribution < 1.29 is 4.39 Å². The Hall–Kier alpha value is -0.890. The smallest absolute Gasteiger partial charge is 0.134 e. The van der Waals surface area contributed by atoms with Crippen LogP contribution < -0.4 is 5.32 Å². The SMILES string of the molecule is CC(F)(CC1CCCCN1)c1ccccc1. The molecule has 0 spiro atoms. The molecule has 1 aliphatic heterocycles. The van der Waals surface area contributed by atoms with Gasteiger partial charge in [-0.2, -0.15) is 0 Å². The summed E-state index contributed by atoms with van der Waals surface area (Å²) in [6, 6.07) is 9.83. The van der Waals surface area contributed by atoms with Crippen molar-refractivity contribution in [2.24, 2.45) is 0 Å². The minimum absolute atomic E-state index is 0.337. The molecule has 1 fully saturated rings. The Bertz CT molecular complexity index is 315. The van der Waals surface area contributed by atoms with Crippen molar-refractivity contribution in [1.82, 2.24) is 5.32 Å². The second kappa shape index (κ2) is 4.96. The first-order valence-corrected chi connectivity index (χ1v) is 6.16. The molecular weight excluding hydrogens is 201 g/mol. The zero-order valence-electron chi connectivity index (χ0n) is 9.88. The van der Waals surface area contributed by atoms with E-state index in [4.69, 9.17) is 0 Å². The summed E-state index contributed by atoms with van der Waals surface area (Å²) in [4.78, 5) is 0. The zero-order valence-corrected chi connectivity index (χ0v) is 9.88. The molecule has 0 amide bonds. The summed E-state index contributed by atoms with van der Waals surface area (Å²) in [5.74, 6) is 0. The van der Waals surface area contributed by atoms with E-state index < -0.39 is 5.67 Å². The van der Waals surface area contributed by atoms with Crippen LogP contribution in [0.25, 0.3) is 0 Å². The largest absolute Gasteiger partial charge is 0.314 e. The van der Waals surface area contributed by atoms with Gasteiger partial charge in [0.15, 0.2) is 0 Å². The van der Waals surface area contributed by atoms with E-state index in [-0.39, 0.29) is 0 Å². The highest BCUT2D eigenvalue weighted by molar-refractivity contribution is 5.21. The summed E-state index contributed by atoms with van der Waals surface area (Å²) in [7, 11) is 0. The first-order chi connectivity index (χ1) is 7.68. The predicted octanol–water partition coefficient (Wildman–Crippen LogP) is 3.40. The molecular formula is C14H20FN. The monoisotopic (exact) mass is 221 g/mol. The number of rotatable bonds is 3. The van der Waals surface area contributed by atoms with E-state index in [2.05, 4.69) is 5.32 Å². The first kappa shape index (κ1) is 11.6. The predicted molar refractivity (Wildman–Crippen MR) is 65.2 cm³/mol. The molecule has 1 heterocycles. The van der Waals surface area contributed by atoms with Crippen molar-refractivity contribution in [2.75, 3.05) is 6.54 Å². The number of hydrogen-bond donors (Lipinski definition) is 1. The maximum atomic E-state index is 14.6.